The minimum atomic E-state index is -0.362. The van der Waals surface area contributed by atoms with E-state index in [4.69, 9.17) is 10.9 Å². The van der Waals surface area contributed by atoms with Crippen molar-refractivity contribution < 1.29 is 9.60 Å². The van der Waals surface area contributed by atoms with E-state index < -0.39 is 0 Å². The Labute approximate surface area is 132 Å². The molecule has 116 valence electrons. The van der Waals surface area contributed by atoms with Crippen molar-refractivity contribution >= 4 is 27.5 Å². The standard InChI is InChI=1S/C15H21BrFN3O/c1-15(2)6-3-8-20(9-7-15)11-5-4-10(14(18)19-21)12(16)13(11)17/h4-5,21H,3,6-9H2,1-2H3,(H2,18,19). The first-order valence-corrected chi connectivity index (χ1v) is 7.86. The third-order valence-corrected chi connectivity index (χ3v) is 4.90. The third kappa shape index (κ3) is 3.48. The summed E-state index contributed by atoms with van der Waals surface area (Å²) in [4.78, 5) is 2.07. The first kappa shape index (κ1) is 16.1. The van der Waals surface area contributed by atoms with Gasteiger partial charge >= 0.3 is 0 Å². The predicted molar refractivity (Wildman–Crippen MR) is 86.5 cm³/mol. The van der Waals surface area contributed by atoms with Crippen molar-refractivity contribution in [2.45, 2.75) is 33.1 Å². The van der Waals surface area contributed by atoms with Gasteiger partial charge in [-0.2, -0.15) is 0 Å². The minimum absolute atomic E-state index is 0.107. The highest BCUT2D eigenvalue weighted by Crippen LogP contribution is 2.34. The van der Waals surface area contributed by atoms with E-state index in [9.17, 15) is 4.39 Å². The van der Waals surface area contributed by atoms with Gasteiger partial charge in [-0.15, -0.1) is 0 Å². The smallest absolute Gasteiger partial charge is 0.171 e. The quantitative estimate of drug-likeness (QED) is 0.367. The predicted octanol–water partition coefficient (Wildman–Crippen LogP) is 3.70. The highest BCUT2D eigenvalue weighted by Gasteiger charge is 2.25. The Morgan fingerprint density at radius 1 is 1.38 bits per heavy atom. The van der Waals surface area contributed by atoms with E-state index in [-0.39, 0.29) is 16.1 Å². The summed E-state index contributed by atoms with van der Waals surface area (Å²) >= 11 is 3.21. The summed E-state index contributed by atoms with van der Waals surface area (Å²) < 4.78 is 14.8. The maximum Gasteiger partial charge on any atom is 0.171 e. The lowest BCUT2D eigenvalue weighted by Gasteiger charge is -2.26. The van der Waals surface area contributed by atoms with Crippen LogP contribution in [0.2, 0.25) is 0 Å². The number of amidine groups is 1. The molecule has 1 aromatic carbocycles. The first-order chi connectivity index (χ1) is 9.85. The van der Waals surface area contributed by atoms with E-state index in [0.717, 1.165) is 32.4 Å². The molecule has 0 bridgehead atoms. The van der Waals surface area contributed by atoms with Gasteiger partial charge in [-0.25, -0.2) is 4.39 Å². The molecule has 2 rings (SSSR count). The van der Waals surface area contributed by atoms with Crippen molar-refractivity contribution in [2.75, 3.05) is 18.0 Å². The summed E-state index contributed by atoms with van der Waals surface area (Å²) in [6.45, 7) is 6.18. The Hall–Kier alpha value is -1.30. The lowest BCUT2D eigenvalue weighted by molar-refractivity contribution is 0.318. The maximum atomic E-state index is 14.6. The fourth-order valence-corrected chi connectivity index (χ4v) is 3.24. The first-order valence-electron chi connectivity index (χ1n) is 7.06. The number of nitrogens with zero attached hydrogens (tertiary/aromatic N) is 2. The minimum Gasteiger partial charge on any atom is -0.409 e. The van der Waals surface area contributed by atoms with Crippen molar-refractivity contribution in [1.82, 2.24) is 0 Å². The third-order valence-electron chi connectivity index (χ3n) is 4.13. The highest BCUT2D eigenvalue weighted by molar-refractivity contribution is 9.10. The van der Waals surface area contributed by atoms with E-state index in [1.807, 2.05) is 0 Å². The number of halogens is 2. The second-order valence-electron chi connectivity index (χ2n) is 6.25. The number of hydrogen-bond donors (Lipinski definition) is 2. The number of oxime groups is 1. The molecule has 1 fully saturated rings. The second kappa shape index (κ2) is 6.22. The van der Waals surface area contributed by atoms with Crippen LogP contribution in [0.15, 0.2) is 21.8 Å². The van der Waals surface area contributed by atoms with Crippen LogP contribution in [0.4, 0.5) is 10.1 Å². The van der Waals surface area contributed by atoms with Gasteiger partial charge < -0.3 is 15.8 Å². The molecule has 0 radical (unpaired) electrons. The van der Waals surface area contributed by atoms with Crippen LogP contribution >= 0.6 is 15.9 Å². The van der Waals surface area contributed by atoms with Crippen molar-refractivity contribution in [2.24, 2.45) is 16.3 Å². The summed E-state index contributed by atoms with van der Waals surface area (Å²) in [5, 5.41) is 11.6. The molecule has 0 saturated carbocycles. The summed E-state index contributed by atoms with van der Waals surface area (Å²) in [6, 6.07) is 3.37. The number of hydrogen-bond acceptors (Lipinski definition) is 3. The Kier molecular flexibility index (Phi) is 4.76. The van der Waals surface area contributed by atoms with Gasteiger partial charge in [0.2, 0.25) is 0 Å². The molecule has 0 atom stereocenters. The average Bonchev–Trinajstić information content (AvgIpc) is 2.62. The van der Waals surface area contributed by atoms with E-state index in [1.54, 1.807) is 12.1 Å². The number of nitrogens with two attached hydrogens (primary N) is 1. The molecule has 1 aliphatic heterocycles. The largest absolute Gasteiger partial charge is 0.409 e. The molecule has 6 heteroatoms. The molecule has 0 spiro atoms. The monoisotopic (exact) mass is 357 g/mol. The van der Waals surface area contributed by atoms with E-state index >= 15 is 0 Å². The van der Waals surface area contributed by atoms with Gasteiger partial charge in [0.1, 0.15) is 0 Å². The number of rotatable bonds is 2. The molecule has 1 aromatic rings. The van der Waals surface area contributed by atoms with E-state index in [0.29, 0.717) is 16.7 Å². The molecule has 21 heavy (non-hydrogen) atoms. The van der Waals surface area contributed by atoms with Crippen LogP contribution in [0, 0.1) is 11.2 Å². The zero-order valence-electron chi connectivity index (χ0n) is 12.4. The molecular formula is C15H21BrFN3O. The second-order valence-corrected chi connectivity index (χ2v) is 7.04. The number of anilines is 1. The zero-order chi connectivity index (χ0) is 15.6. The molecule has 0 unspecified atom stereocenters. The Balaban J connectivity index is 2.31. The Morgan fingerprint density at radius 3 is 2.76 bits per heavy atom. The van der Waals surface area contributed by atoms with E-state index in [2.05, 4.69) is 39.8 Å². The summed E-state index contributed by atoms with van der Waals surface area (Å²) in [6.07, 6.45) is 3.23. The Bertz CT molecular complexity index is 560. The topological polar surface area (TPSA) is 61.8 Å². The molecule has 4 nitrogen and oxygen atoms in total. The summed E-state index contributed by atoms with van der Waals surface area (Å²) in [5.41, 5.74) is 6.76. The molecule has 0 aliphatic carbocycles. The van der Waals surface area contributed by atoms with Crippen LogP contribution in [0.1, 0.15) is 38.7 Å². The van der Waals surface area contributed by atoms with Crippen LogP contribution in [0.3, 0.4) is 0 Å². The van der Waals surface area contributed by atoms with E-state index in [1.165, 1.54) is 0 Å². The molecule has 1 aliphatic rings. The zero-order valence-corrected chi connectivity index (χ0v) is 14.0. The van der Waals surface area contributed by atoms with Crippen LogP contribution in [0.25, 0.3) is 0 Å². The fourth-order valence-electron chi connectivity index (χ4n) is 2.70. The fraction of sp³-hybridized carbons (Fsp3) is 0.533. The summed E-state index contributed by atoms with van der Waals surface area (Å²) in [5.74, 6) is -0.469. The van der Waals surface area contributed by atoms with Crippen LogP contribution in [-0.4, -0.2) is 24.1 Å². The normalized spacial score (nSPS) is 19.4. The van der Waals surface area contributed by atoms with Crippen molar-refractivity contribution in [3.05, 3.63) is 28.0 Å². The summed E-state index contributed by atoms with van der Waals surface area (Å²) in [7, 11) is 0. The molecule has 0 amide bonds. The molecule has 1 saturated heterocycles. The van der Waals surface area contributed by atoms with Gasteiger partial charge in [-0.1, -0.05) is 19.0 Å². The van der Waals surface area contributed by atoms with Gasteiger partial charge in [0.25, 0.3) is 0 Å². The van der Waals surface area contributed by atoms with Crippen LogP contribution in [0.5, 0.6) is 0 Å². The van der Waals surface area contributed by atoms with Gasteiger partial charge in [0.05, 0.1) is 10.2 Å². The van der Waals surface area contributed by atoms with Gasteiger partial charge in [0, 0.05) is 18.7 Å². The van der Waals surface area contributed by atoms with Gasteiger partial charge in [0.15, 0.2) is 11.7 Å². The van der Waals surface area contributed by atoms with Crippen molar-refractivity contribution in [3.8, 4) is 0 Å². The lowest BCUT2D eigenvalue weighted by Crippen LogP contribution is -2.26. The molecule has 3 N–H and O–H groups in total. The van der Waals surface area contributed by atoms with Crippen LogP contribution in [-0.2, 0) is 0 Å². The van der Waals surface area contributed by atoms with Gasteiger partial charge in [-0.3, -0.25) is 0 Å². The molecular weight excluding hydrogens is 337 g/mol. The average molecular weight is 358 g/mol. The SMILES string of the molecule is CC1(C)CCCN(c2ccc(/C(N)=N/O)c(Br)c2F)CC1. The Morgan fingerprint density at radius 2 is 2.10 bits per heavy atom. The lowest BCUT2D eigenvalue weighted by atomic mass is 9.85. The molecule has 1 heterocycles. The molecule has 0 aromatic heterocycles. The highest BCUT2D eigenvalue weighted by atomic mass is 79.9. The number of benzene rings is 1. The maximum absolute atomic E-state index is 14.6. The van der Waals surface area contributed by atoms with Crippen LogP contribution < -0.4 is 10.6 Å². The van der Waals surface area contributed by atoms with Gasteiger partial charge in [-0.05, 0) is 52.7 Å². The van der Waals surface area contributed by atoms with Crippen molar-refractivity contribution in [1.29, 1.82) is 0 Å². The van der Waals surface area contributed by atoms with Crippen molar-refractivity contribution in [3.63, 3.8) is 0 Å².